The molecule has 1 heterocycles. The summed E-state index contributed by atoms with van der Waals surface area (Å²) >= 11 is 2.18. The highest BCUT2D eigenvalue weighted by molar-refractivity contribution is 14.1. The van der Waals surface area contributed by atoms with E-state index in [2.05, 4.69) is 32.9 Å². The number of nitrogens with zero attached hydrogens (tertiary/aromatic N) is 2. The van der Waals surface area contributed by atoms with E-state index < -0.39 is 6.09 Å². The molecule has 1 aromatic heterocycles. The van der Waals surface area contributed by atoms with Gasteiger partial charge < -0.3 is 20.1 Å². The van der Waals surface area contributed by atoms with E-state index in [-0.39, 0.29) is 25.6 Å². The van der Waals surface area contributed by atoms with Gasteiger partial charge in [0.05, 0.1) is 12.2 Å². The van der Waals surface area contributed by atoms with E-state index in [0.717, 1.165) is 14.2 Å². The van der Waals surface area contributed by atoms with Crippen LogP contribution in [0.2, 0.25) is 0 Å². The maximum absolute atomic E-state index is 11.1. The normalized spacial score (nSPS) is 10.5. The lowest BCUT2D eigenvalue weighted by atomic mass is 10.4. The third kappa shape index (κ3) is 6.29. The lowest BCUT2D eigenvalue weighted by molar-refractivity contribution is -0.116. The van der Waals surface area contributed by atoms with Gasteiger partial charge in [0.2, 0.25) is 11.8 Å². The first-order chi connectivity index (χ1) is 10.4. The van der Waals surface area contributed by atoms with Gasteiger partial charge in [-0.1, -0.05) is 6.08 Å². The number of carboxylic acid groups (broad SMARTS) is 1. The van der Waals surface area contributed by atoms with E-state index in [1.807, 2.05) is 13.0 Å². The van der Waals surface area contributed by atoms with Crippen LogP contribution in [-0.4, -0.2) is 53.7 Å². The Labute approximate surface area is 142 Å². The Balaban J connectivity index is 2.47. The SMILES string of the molecule is CNC(=O)C=CCN(CCOc1ccc(I)c(C)n1)C(=O)O. The van der Waals surface area contributed by atoms with Crippen LogP contribution in [0.1, 0.15) is 5.69 Å². The molecule has 1 rings (SSSR count). The number of carbonyl (C=O) groups excluding carboxylic acids is 1. The van der Waals surface area contributed by atoms with Crippen molar-refractivity contribution in [3.63, 3.8) is 0 Å². The molecule has 1 aromatic rings. The molecule has 0 radical (unpaired) electrons. The largest absolute Gasteiger partial charge is 0.476 e. The van der Waals surface area contributed by atoms with Crippen LogP contribution in [0.5, 0.6) is 5.88 Å². The summed E-state index contributed by atoms with van der Waals surface area (Å²) in [7, 11) is 1.51. The summed E-state index contributed by atoms with van der Waals surface area (Å²) in [4.78, 5) is 27.5. The number of aromatic nitrogens is 1. The predicted molar refractivity (Wildman–Crippen MR) is 90.0 cm³/mol. The van der Waals surface area contributed by atoms with E-state index >= 15 is 0 Å². The second kappa shape index (κ2) is 9.23. The van der Waals surface area contributed by atoms with Gasteiger partial charge in [0.1, 0.15) is 6.61 Å². The van der Waals surface area contributed by atoms with Gasteiger partial charge in [-0.15, -0.1) is 0 Å². The number of aryl methyl sites for hydroxylation is 1. The third-order valence-corrected chi connectivity index (χ3v) is 3.86. The fraction of sp³-hybridized carbons (Fsp3) is 0.357. The van der Waals surface area contributed by atoms with E-state index in [0.29, 0.717) is 5.88 Å². The van der Waals surface area contributed by atoms with Gasteiger partial charge in [-0.25, -0.2) is 9.78 Å². The van der Waals surface area contributed by atoms with Crippen molar-refractivity contribution in [2.45, 2.75) is 6.92 Å². The van der Waals surface area contributed by atoms with Gasteiger partial charge >= 0.3 is 6.09 Å². The molecule has 0 aliphatic heterocycles. The average molecular weight is 419 g/mol. The van der Waals surface area contributed by atoms with E-state index in [1.54, 1.807) is 6.07 Å². The van der Waals surface area contributed by atoms with Crippen molar-refractivity contribution in [1.29, 1.82) is 0 Å². The Morgan fingerprint density at radius 2 is 2.23 bits per heavy atom. The third-order valence-electron chi connectivity index (χ3n) is 2.72. The number of likely N-dealkylation sites (N-methyl/N-ethyl adjacent to an activating group) is 1. The topological polar surface area (TPSA) is 91.8 Å². The van der Waals surface area contributed by atoms with Crippen LogP contribution < -0.4 is 10.1 Å². The standard InChI is InChI=1S/C14H18IN3O4/c1-10-11(15)5-6-13(17-10)22-9-8-18(14(20)21)7-3-4-12(19)16-2/h3-6H,7-9H2,1-2H3,(H,16,19)(H,20,21). The van der Waals surface area contributed by atoms with Gasteiger partial charge in [0, 0.05) is 29.3 Å². The molecule has 0 aromatic carbocycles. The first-order valence-corrected chi connectivity index (χ1v) is 7.64. The van der Waals surface area contributed by atoms with E-state index in [1.165, 1.54) is 19.2 Å². The predicted octanol–water partition coefficient (Wildman–Crippen LogP) is 1.66. The minimum atomic E-state index is -1.07. The van der Waals surface area contributed by atoms with Gasteiger partial charge in [-0.05, 0) is 35.6 Å². The van der Waals surface area contributed by atoms with Gasteiger partial charge in [0.25, 0.3) is 0 Å². The van der Waals surface area contributed by atoms with E-state index in [9.17, 15) is 9.59 Å². The Morgan fingerprint density at radius 1 is 1.50 bits per heavy atom. The summed E-state index contributed by atoms with van der Waals surface area (Å²) in [6.07, 6.45) is 1.71. The number of hydrogen-bond acceptors (Lipinski definition) is 4. The average Bonchev–Trinajstić information content (AvgIpc) is 2.48. The molecular formula is C14H18IN3O4. The molecule has 0 spiro atoms. The summed E-state index contributed by atoms with van der Waals surface area (Å²) in [6.45, 7) is 2.36. The summed E-state index contributed by atoms with van der Waals surface area (Å²) in [5.41, 5.74) is 0.863. The van der Waals surface area contributed by atoms with Crippen LogP contribution in [0, 0.1) is 10.5 Å². The molecule has 0 atom stereocenters. The Hall–Kier alpha value is -1.84. The smallest absolute Gasteiger partial charge is 0.407 e. The molecule has 0 unspecified atom stereocenters. The lowest BCUT2D eigenvalue weighted by Gasteiger charge is -2.17. The highest BCUT2D eigenvalue weighted by Crippen LogP contribution is 2.14. The Bertz CT molecular complexity index is 563. The number of rotatable bonds is 7. The van der Waals surface area contributed by atoms with Crippen LogP contribution >= 0.6 is 22.6 Å². The summed E-state index contributed by atoms with van der Waals surface area (Å²) < 4.78 is 6.49. The highest BCUT2D eigenvalue weighted by atomic mass is 127. The van der Waals surface area contributed by atoms with Crippen LogP contribution in [0.15, 0.2) is 24.3 Å². The van der Waals surface area contributed by atoms with Gasteiger partial charge in [-0.2, -0.15) is 0 Å². The van der Waals surface area contributed by atoms with Gasteiger partial charge in [0.15, 0.2) is 0 Å². The van der Waals surface area contributed by atoms with Crippen molar-refractivity contribution in [2.24, 2.45) is 0 Å². The van der Waals surface area contributed by atoms with Crippen molar-refractivity contribution in [3.8, 4) is 5.88 Å². The number of pyridine rings is 1. The molecular weight excluding hydrogens is 401 g/mol. The van der Waals surface area contributed by atoms with Crippen LogP contribution in [0.25, 0.3) is 0 Å². The maximum atomic E-state index is 11.1. The Morgan fingerprint density at radius 3 is 2.82 bits per heavy atom. The zero-order valence-electron chi connectivity index (χ0n) is 12.4. The molecule has 2 amide bonds. The molecule has 0 aliphatic carbocycles. The van der Waals surface area contributed by atoms with Crippen molar-refractivity contribution in [1.82, 2.24) is 15.2 Å². The molecule has 7 nitrogen and oxygen atoms in total. The zero-order valence-corrected chi connectivity index (χ0v) is 14.5. The number of hydrogen-bond donors (Lipinski definition) is 2. The van der Waals surface area contributed by atoms with Gasteiger partial charge in [-0.3, -0.25) is 4.79 Å². The lowest BCUT2D eigenvalue weighted by Crippen LogP contribution is -2.33. The molecule has 22 heavy (non-hydrogen) atoms. The fourth-order valence-electron chi connectivity index (χ4n) is 1.50. The fourth-order valence-corrected chi connectivity index (χ4v) is 1.80. The number of ether oxygens (including phenoxy) is 1. The first kappa shape index (κ1) is 18.2. The molecule has 0 aliphatic rings. The minimum Gasteiger partial charge on any atom is -0.476 e. The molecule has 0 bridgehead atoms. The number of nitrogens with one attached hydrogen (secondary N) is 1. The minimum absolute atomic E-state index is 0.116. The highest BCUT2D eigenvalue weighted by Gasteiger charge is 2.10. The molecule has 2 N–H and O–H groups in total. The van der Waals surface area contributed by atoms with Crippen molar-refractivity contribution >= 4 is 34.6 Å². The van der Waals surface area contributed by atoms with Crippen LogP contribution in [0.3, 0.4) is 0 Å². The van der Waals surface area contributed by atoms with Crippen LogP contribution in [0.4, 0.5) is 4.79 Å². The summed E-state index contributed by atoms with van der Waals surface area (Å²) in [5.74, 6) is 0.185. The second-order valence-electron chi connectivity index (χ2n) is 4.31. The second-order valence-corrected chi connectivity index (χ2v) is 5.47. The quantitative estimate of drug-likeness (QED) is 0.518. The monoisotopic (exact) mass is 419 g/mol. The van der Waals surface area contributed by atoms with Crippen molar-refractivity contribution in [3.05, 3.63) is 33.5 Å². The molecule has 0 saturated carbocycles. The first-order valence-electron chi connectivity index (χ1n) is 6.56. The number of halogens is 1. The molecule has 0 saturated heterocycles. The zero-order chi connectivity index (χ0) is 16.5. The summed E-state index contributed by atoms with van der Waals surface area (Å²) in [5, 5.41) is 11.5. The maximum Gasteiger partial charge on any atom is 0.407 e. The van der Waals surface area contributed by atoms with Crippen LogP contribution in [-0.2, 0) is 4.79 Å². The molecule has 120 valence electrons. The number of carbonyl (C=O) groups is 2. The Kier molecular flexibility index (Phi) is 7.64. The molecule has 0 fully saturated rings. The van der Waals surface area contributed by atoms with Crippen molar-refractivity contribution in [2.75, 3.05) is 26.7 Å². The number of amides is 2. The molecule has 8 heteroatoms. The van der Waals surface area contributed by atoms with E-state index in [4.69, 9.17) is 9.84 Å². The van der Waals surface area contributed by atoms with Crippen molar-refractivity contribution < 1.29 is 19.4 Å². The summed E-state index contributed by atoms with van der Waals surface area (Å²) in [6, 6.07) is 3.63.